The number of esters is 1. The van der Waals surface area contributed by atoms with Crippen LogP contribution in [-0.2, 0) is 16.0 Å². The van der Waals surface area contributed by atoms with Gasteiger partial charge in [-0.15, -0.1) is 0 Å². The summed E-state index contributed by atoms with van der Waals surface area (Å²) in [6.45, 7) is 2.01. The number of hydrogen-bond acceptors (Lipinski definition) is 5. The van der Waals surface area contributed by atoms with E-state index in [0.717, 1.165) is 52.8 Å². The average molecular weight is 390 g/mol. The maximum absolute atomic E-state index is 13.0. The Morgan fingerprint density at radius 2 is 2.07 bits per heavy atom. The fourth-order valence-corrected chi connectivity index (χ4v) is 3.70. The molecule has 0 fully saturated rings. The Kier molecular flexibility index (Phi) is 5.42. The number of carbonyl (C=O) groups is 2. The number of ether oxygens (including phenoxy) is 1. The highest BCUT2D eigenvalue weighted by molar-refractivity contribution is 6.07. The second-order valence-corrected chi connectivity index (χ2v) is 6.90. The minimum atomic E-state index is -0.495. The Labute approximate surface area is 168 Å². The molecule has 6 nitrogen and oxygen atoms in total. The van der Waals surface area contributed by atoms with E-state index in [1.165, 1.54) is 0 Å². The third kappa shape index (κ3) is 3.92. The molecule has 3 aromatic rings. The first-order valence-corrected chi connectivity index (χ1v) is 9.77. The smallest absolute Gasteiger partial charge is 0.339 e. The van der Waals surface area contributed by atoms with Gasteiger partial charge in [0.1, 0.15) is 5.76 Å². The van der Waals surface area contributed by atoms with Crippen LogP contribution in [0.3, 0.4) is 0 Å². The van der Waals surface area contributed by atoms with Crippen LogP contribution in [0.5, 0.6) is 0 Å². The maximum atomic E-state index is 13.0. The number of fused-ring (bicyclic) bond motifs is 2. The number of nitrogens with zero attached hydrogens (tertiary/aromatic N) is 1. The predicted molar refractivity (Wildman–Crippen MR) is 110 cm³/mol. The van der Waals surface area contributed by atoms with E-state index >= 15 is 0 Å². The molecule has 29 heavy (non-hydrogen) atoms. The van der Waals surface area contributed by atoms with Gasteiger partial charge in [-0.25, -0.2) is 9.78 Å². The molecule has 0 unspecified atom stereocenters. The fourth-order valence-electron chi connectivity index (χ4n) is 3.70. The summed E-state index contributed by atoms with van der Waals surface area (Å²) in [6.07, 6.45) is 6.09. The van der Waals surface area contributed by atoms with Gasteiger partial charge in [0.2, 0.25) is 0 Å². The number of para-hydroxylation sites is 1. The zero-order valence-corrected chi connectivity index (χ0v) is 16.2. The van der Waals surface area contributed by atoms with E-state index in [9.17, 15) is 9.59 Å². The zero-order valence-electron chi connectivity index (χ0n) is 16.2. The Morgan fingerprint density at radius 1 is 1.21 bits per heavy atom. The number of aromatic nitrogens is 1. The van der Waals surface area contributed by atoms with Crippen molar-refractivity contribution in [2.24, 2.45) is 0 Å². The lowest BCUT2D eigenvalue weighted by Crippen LogP contribution is -2.28. The highest BCUT2D eigenvalue weighted by Gasteiger charge is 2.26. The Morgan fingerprint density at radius 3 is 2.86 bits per heavy atom. The van der Waals surface area contributed by atoms with Crippen molar-refractivity contribution in [2.75, 3.05) is 13.2 Å². The molecule has 1 N–H and O–H groups in total. The van der Waals surface area contributed by atoms with E-state index in [0.29, 0.717) is 12.1 Å². The first-order chi connectivity index (χ1) is 14.2. The van der Waals surface area contributed by atoms with E-state index in [1.807, 2.05) is 49.4 Å². The number of amides is 1. The molecule has 2 aromatic heterocycles. The van der Waals surface area contributed by atoms with Gasteiger partial charge in [-0.05, 0) is 61.6 Å². The molecule has 1 aromatic carbocycles. The lowest BCUT2D eigenvalue weighted by Gasteiger charge is -2.22. The van der Waals surface area contributed by atoms with E-state index in [-0.39, 0.29) is 12.5 Å². The Hall–Kier alpha value is -3.41. The molecular weight excluding hydrogens is 368 g/mol. The molecule has 1 aliphatic carbocycles. The molecule has 0 aliphatic heterocycles. The van der Waals surface area contributed by atoms with Crippen molar-refractivity contribution >= 4 is 34.4 Å². The molecule has 0 saturated heterocycles. The first-order valence-electron chi connectivity index (χ1n) is 9.77. The fraction of sp³-hybridized carbons (Fsp3) is 0.261. The number of furan rings is 1. The highest BCUT2D eigenvalue weighted by atomic mass is 16.5. The van der Waals surface area contributed by atoms with E-state index in [1.54, 1.807) is 6.26 Å². The number of pyridine rings is 1. The van der Waals surface area contributed by atoms with Crippen molar-refractivity contribution in [3.8, 4) is 0 Å². The number of benzene rings is 1. The second-order valence-electron chi connectivity index (χ2n) is 6.90. The summed E-state index contributed by atoms with van der Waals surface area (Å²) in [5.74, 6) is -0.0555. The normalized spacial score (nSPS) is 14.6. The van der Waals surface area contributed by atoms with Gasteiger partial charge in [-0.3, -0.25) is 4.79 Å². The number of nitrogens with one attached hydrogen (secondary N) is 1. The van der Waals surface area contributed by atoms with Crippen LogP contribution in [-0.4, -0.2) is 30.0 Å². The van der Waals surface area contributed by atoms with Crippen LogP contribution in [0.15, 0.2) is 47.1 Å². The minimum Gasteiger partial charge on any atom is -0.465 e. The molecule has 4 rings (SSSR count). The van der Waals surface area contributed by atoms with Gasteiger partial charge in [0.15, 0.2) is 6.61 Å². The second kappa shape index (κ2) is 8.31. The van der Waals surface area contributed by atoms with Crippen molar-refractivity contribution < 1.29 is 18.7 Å². The van der Waals surface area contributed by atoms with Gasteiger partial charge in [0, 0.05) is 11.9 Å². The topological polar surface area (TPSA) is 81.4 Å². The van der Waals surface area contributed by atoms with Crippen molar-refractivity contribution in [2.45, 2.75) is 26.2 Å². The first kappa shape index (κ1) is 18.9. The molecule has 6 heteroatoms. The van der Waals surface area contributed by atoms with Crippen LogP contribution in [0.1, 0.15) is 47.1 Å². The van der Waals surface area contributed by atoms with Crippen LogP contribution in [0, 0.1) is 0 Å². The number of likely N-dealkylation sites (N-methyl/N-ethyl adjacent to an activating group) is 1. The van der Waals surface area contributed by atoms with Crippen molar-refractivity contribution in [1.29, 1.82) is 0 Å². The number of rotatable bonds is 5. The van der Waals surface area contributed by atoms with E-state index in [2.05, 4.69) is 5.32 Å². The minimum absolute atomic E-state index is 0.298. The predicted octanol–water partition coefficient (Wildman–Crippen LogP) is 4.00. The monoisotopic (exact) mass is 390 g/mol. The van der Waals surface area contributed by atoms with Crippen molar-refractivity contribution in [1.82, 2.24) is 10.3 Å². The van der Waals surface area contributed by atoms with Crippen LogP contribution in [0.2, 0.25) is 0 Å². The summed E-state index contributed by atoms with van der Waals surface area (Å²) in [5, 5.41) is 3.38. The standard InChI is InChI=1S/C23H22N2O4/c1-2-24-20(26)14-29-23(27)21-17-9-3-4-11-19(17)25-22-15(7-5-10-18(21)22)13-16-8-6-12-28-16/h3-4,6,8-9,11-13H,2,5,7,10,14H2,1H3,(H,24,26)/b15-13+. The molecule has 0 atom stereocenters. The van der Waals surface area contributed by atoms with Crippen LogP contribution in [0.25, 0.3) is 22.6 Å². The van der Waals surface area contributed by atoms with E-state index in [4.69, 9.17) is 14.1 Å². The third-order valence-electron chi connectivity index (χ3n) is 4.94. The lowest BCUT2D eigenvalue weighted by molar-refractivity contribution is -0.124. The quantitative estimate of drug-likeness (QED) is 0.666. The number of allylic oxidation sites excluding steroid dienone is 1. The third-order valence-corrected chi connectivity index (χ3v) is 4.94. The number of carbonyl (C=O) groups excluding carboxylic acids is 2. The lowest BCUT2D eigenvalue weighted by atomic mass is 9.86. The summed E-state index contributed by atoms with van der Waals surface area (Å²) in [4.78, 5) is 29.6. The van der Waals surface area contributed by atoms with Crippen LogP contribution in [0.4, 0.5) is 0 Å². The molecule has 1 amide bonds. The van der Waals surface area contributed by atoms with Crippen LogP contribution < -0.4 is 5.32 Å². The Balaban J connectivity index is 1.79. The summed E-state index contributed by atoms with van der Waals surface area (Å²) < 4.78 is 10.8. The molecular formula is C23H22N2O4. The molecule has 0 bridgehead atoms. The molecule has 2 heterocycles. The van der Waals surface area contributed by atoms with Gasteiger partial charge in [0.05, 0.1) is 23.0 Å². The number of hydrogen-bond donors (Lipinski definition) is 1. The molecule has 148 valence electrons. The molecule has 0 radical (unpaired) electrons. The largest absolute Gasteiger partial charge is 0.465 e. The molecule has 0 saturated carbocycles. The highest BCUT2D eigenvalue weighted by Crippen LogP contribution is 2.36. The summed E-state index contributed by atoms with van der Waals surface area (Å²) in [7, 11) is 0. The summed E-state index contributed by atoms with van der Waals surface area (Å²) >= 11 is 0. The van der Waals surface area contributed by atoms with Crippen LogP contribution >= 0.6 is 0 Å². The average Bonchev–Trinajstić information content (AvgIpc) is 3.24. The SMILES string of the molecule is CCNC(=O)COC(=O)c1c2c(nc3ccccc13)/C(=C/c1ccco1)CCC2. The van der Waals surface area contributed by atoms with Gasteiger partial charge in [-0.2, -0.15) is 0 Å². The summed E-state index contributed by atoms with van der Waals surface area (Å²) in [6, 6.07) is 11.3. The van der Waals surface area contributed by atoms with Gasteiger partial charge < -0.3 is 14.5 Å². The summed E-state index contributed by atoms with van der Waals surface area (Å²) in [5.41, 5.74) is 3.93. The van der Waals surface area contributed by atoms with E-state index < -0.39 is 5.97 Å². The van der Waals surface area contributed by atoms with Gasteiger partial charge in [0.25, 0.3) is 5.91 Å². The molecule has 0 spiro atoms. The van der Waals surface area contributed by atoms with Crippen molar-refractivity contribution in [3.63, 3.8) is 0 Å². The maximum Gasteiger partial charge on any atom is 0.339 e. The zero-order chi connectivity index (χ0) is 20.2. The van der Waals surface area contributed by atoms with Gasteiger partial charge >= 0.3 is 5.97 Å². The Bertz CT molecular complexity index is 1080. The van der Waals surface area contributed by atoms with Gasteiger partial charge in [-0.1, -0.05) is 18.2 Å². The molecule has 1 aliphatic rings. The van der Waals surface area contributed by atoms with Crippen molar-refractivity contribution in [3.05, 3.63) is 65.2 Å².